The first-order chi connectivity index (χ1) is 16.9. The molecule has 2 aliphatic rings. The van der Waals surface area contributed by atoms with Crippen molar-refractivity contribution in [2.75, 3.05) is 49.5 Å². The van der Waals surface area contributed by atoms with E-state index in [0.29, 0.717) is 13.1 Å². The third kappa shape index (κ3) is 5.13. The molecule has 2 N–H and O–H groups in total. The van der Waals surface area contributed by atoms with E-state index < -0.39 is 12.5 Å². The Balaban J connectivity index is 1.27. The van der Waals surface area contributed by atoms with E-state index in [4.69, 9.17) is 0 Å². The number of pyridine rings is 1. The number of nitrogens with zero attached hydrogens (tertiary/aromatic N) is 3. The summed E-state index contributed by atoms with van der Waals surface area (Å²) in [6.45, 7) is 0.959. The zero-order chi connectivity index (χ0) is 24.4. The molecule has 1 aromatic heterocycles. The van der Waals surface area contributed by atoms with Gasteiger partial charge in [0.2, 0.25) is 0 Å². The summed E-state index contributed by atoms with van der Waals surface area (Å²) in [6, 6.07) is 14.5. The van der Waals surface area contributed by atoms with Crippen molar-refractivity contribution in [2.45, 2.75) is 19.0 Å². The van der Waals surface area contributed by atoms with Crippen molar-refractivity contribution in [2.24, 2.45) is 0 Å². The summed E-state index contributed by atoms with van der Waals surface area (Å²) in [7, 11) is 3.37. The molecule has 0 fully saturated rings. The van der Waals surface area contributed by atoms with E-state index >= 15 is 0 Å². The number of aromatic nitrogens is 1. The van der Waals surface area contributed by atoms with Gasteiger partial charge in [-0.05, 0) is 58.7 Å². The van der Waals surface area contributed by atoms with Crippen molar-refractivity contribution in [3.63, 3.8) is 0 Å². The van der Waals surface area contributed by atoms with Gasteiger partial charge in [0.25, 0.3) is 5.92 Å². The van der Waals surface area contributed by atoms with Gasteiger partial charge in [0, 0.05) is 57.1 Å². The Morgan fingerprint density at radius 3 is 2.86 bits per heavy atom. The number of methoxy groups -OCH3 is 1. The van der Waals surface area contributed by atoms with Gasteiger partial charge in [-0.15, -0.1) is 0 Å². The Labute approximate surface area is 204 Å². The molecule has 0 unspecified atom stereocenters. The number of alkyl halides is 2. The van der Waals surface area contributed by atoms with Gasteiger partial charge in [-0.1, -0.05) is 12.1 Å². The maximum Gasteiger partial charge on any atom is 0.283 e. The Bertz CT molecular complexity index is 1250. The van der Waals surface area contributed by atoms with Gasteiger partial charge in [0.1, 0.15) is 6.61 Å². The van der Waals surface area contributed by atoms with Crippen LogP contribution in [0.3, 0.4) is 0 Å². The lowest BCUT2D eigenvalue weighted by Gasteiger charge is -2.22. The number of hydrogen-bond donors (Lipinski definition) is 2. The van der Waals surface area contributed by atoms with Crippen LogP contribution in [0.5, 0.6) is 0 Å². The van der Waals surface area contributed by atoms with Crippen LogP contribution in [-0.2, 0) is 17.8 Å². The average Bonchev–Trinajstić information content (AvgIpc) is 3.40. The third-order valence-electron chi connectivity index (χ3n) is 6.39. The number of benzene rings is 2. The predicted molar refractivity (Wildman–Crippen MR) is 137 cm³/mol. The second-order valence-corrected chi connectivity index (χ2v) is 9.12. The van der Waals surface area contributed by atoms with E-state index in [1.807, 2.05) is 42.7 Å². The fraction of sp³-hybridized carbons (Fsp3) is 0.296. The summed E-state index contributed by atoms with van der Waals surface area (Å²) in [4.78, 5) is 8.24. The van der Waals surface area contributed by atoms with Crippen LogP contribution in [0.1, 0.15) is 16.7 Å². The number of ether oxygens (including phenoxy) is 1. The molecular weight excluding hydrogens is 448 g/mol. The van der Waals surface area contributed by atoms with Gasteiger partial charge in [0.15, 0.2) is 0 Å². The van der Waals surface area contributed by atoms with Gasteiger partial charge in [-0.3, -0.25) is 9.88 Å². The largest absolute Gasteiger partial charge is 0.378 e. The van der Waals surface area contributed by atoms with Gasteiger partial charge in [-0.2, -0.15) is 0 Å². The van der Waals surface area contributed by atoms with Crippen molar-refractivity contribution in [1.29, 1.82) is 0 Å². The normalized spacial score (nSPS) is 15.4. The Hall–Kier alpha value is -3.49. The monoisotopic (exact) mass is 477 g/mol. The summed E-state index contributed by atoms with van der Waals surface area (Å²) in [5.41, 5.74) is 8.60. The Morgan fingerprint density at radius 1 is 1.14 bits per heavy atom. The molecule has 8 heteroatoms. The lowest BCUT2D eigenvalue weighted by Crippen LogP contribution is -2.37. The van der Waals surface area contributed by atoms with Crippen LogP contribution < -0.4 is 15.5 Å². The summed E-state index contributed by atoms with van der Waals surface area (Å²) in [6.07, 6.45) is 7.54. The van der Waals surface area contributed by atoms with Gasteiger partial charge < -0.3 is 20.3 Å². The number of rotatable bonds is 8. The number of anilines is 3. The minimum Gasteiger partial charge on any atom is -0.378 e. The maximum absolute atomic E-state index is 13.9. The minimum atomic E-state index is -2.85. The molecule has 3 heterocycles. The molecule has 0 radical (unpaired) electrons. The van der Waals surface area contributed by atoms with Gasteiger partial charge >= 0.3 is 0 Å². The highest BCUT2D eigenvalue weighted by Gasteiger charge is 2.34. The summed E-state index contributed by atoms with van der Waals surface area (Å²) < 4.78 is 32.5. The second kappa shape index (κ2) is 9.64. The van der Waals surface area contributed by atoms with Crippen LogP contribution >= 0.6 is 0 Å². The number of halogens is 2. The van der Waals surface area contributed by atoms with Crippen LogP contribution in [0.25, 0.3) is 17.2 Å². The zero-order valence-electron chi connectivity index (χ0n) is 19.9. The van der Waals surface area contributed by atoms with Crippen molar-refractivity contribution >= 4 is 23.1 Å². The highest BCUT2D eigenvalue weighted by atomic mass is 19.3. The van der Waals surface area contributed by atoms with E-state index in [1.165, 1.54) is 12.8 Å². The first-order valence-corrected chi connectivity index (χ1v) is 11.6. The van der Waals surface area contributed by atoms with Crippen LogP contribution in [0.2, 0.25) is 0 Å². The zero-order valence-corrected chi connectivity index (χ0v) is 19.9. The van der Waals surface area contributed by atoms with E-state index in [-0.39, 0.29) is 6.54 Å². The lowest BCUT2D eigenvalue weighted by molar-refractivity contribution is -0.0851. The molecule has 2 aromatic carbocycles. The van der Waals surface area contributed by atoms with Crippen LogP contribution in [0.15, 0.2) is 61.1 Å². The van der Waals surface area contributed by atoms with Crippen LogP contribution in [0, 0.1) is 0 Å². The Morgan fingerprint density at radius 2 is 2.00 bits per heavy atom. The standard InChI is InChI=1S/C27H29F2N5O/c1-33-18-32-25-12-19(4-6-26(25)33)24-8-9-30-13-20(24)7-10-31-23-5-3-21-14-34(15-22(21)11-23)16-27(28,29)17-35-2/h3-13,31-32H,14-18H2,1-2H3/b10-7+. The Kier molecular flexibility index (Phi) is 6.40. The summed E-state index contributed by atoms with van der Waals surface area (Å²) in [5.74, 6) is -2.85. The van der Waals surface area contributed by atoms with E-state index in [1.54, 1.807) is 11.1 Å². The number of nitrogens with one attached hydrogen (secondary N) is 2. The van der Waals surface area contributed by atoms with Gasteiger partial charge in [0.05, 0.1) is 24.6 Å². The highest BCUT2D eigenvalue weighted by Crippen LogP contribution is 2.35. The molecular formula is C27H29F2N5O. The topological polar surface area (TPSA) is 52.7 Å². The molecule has 35 heavy (non-hydrogen) atoms. The highest BCUT2D eigenvalue weighted by molar-refractivity contribution is 5.83. The first-order valence-electron chi connectivity index (χ1n) is 11.6. The molecule has 0 aliphatic carbocycles. The third-order valence-corrected chi connectivity index (χ3v) is 6.39. The predicted octanol–water partition coefficient (Wildman–Crippen LogP) is 5.25. The van der Waals surface area contributed by atoms with Gasteiger partial charge in [-0.25, -0.2) is 8.78 Å². The molecule has 0 bridgehead atoms. The minimum absolute atomic E-state index is 0.309. The summed E-state index contributed by atoms with van der Waals surface area (Å²) >= 11 is 0. The molecule has 0 spiro atoms. The molecule has 0 amide bonds. The molecule has 182 valence electrons. The molecule has 0 saturated carbocycles. The van der Waals surface area contributed by atoms with E-state index in [0.717, 1.165) is 45.9 Å². The first kappa shape index (κ1) is 23.3. The molecule has 2 aliphatic heterocycles. The molecule has 5 rings (SSSR count). The number of hydrogen-bond acceptors (Lipinski definition) is 6. The smallest absolute Gasteiger partial charge is 0.283 e. The molecule has 0 atom stereocenters. The van der Waals surface area contributed by atoms with Crippen LogP contribution in [0.4, 0.5) is 25.8 Å². The average molecular weight is 478 g/mol. The molecule has 6 nitrogen and oxygen atoms in total. The fourth-order valence-corrected chi connectivity index (χ4v) is 4.75. The number of fused-ring (bicyclic) bond motifs is 2. The SMILES string of the molecule is COCC(F)(F)CN1Cc2ccc(N/C=C/c3cnccc3-c3ccc4c(c3)NCN4C)cc2C1. The van der Waals surface area contributed by atoms with Crippen molar-refractivity contribution in [3.8, 4) is 11.1 Å². The fourth-order valence-electron chi connectivity index (χ4n) is 4.75. The van der Waals surface area contributed by atoms with E-state index in [9.17, 15) is 8.78 Å². The van der Waals surface area contributed by atoms with Crippen molar-refractivity contribution in [3.05, 3.63) is 77.7 Å². The maximum atomic E-state index is 13.9. The second-order valence-electron chi connectivity index (χ2n) is 9.12. The van der Waals surface area contributed by atoms with Crippen LogP contribution in [-0.4, -0.2) is 49.8 Å². The van der Waals surface area contributed by atoms with E-state index in [2.05, 4.69) is 50.5 Å². The van der Waals surface area contributed by atoms with Crippen molar-refractivity contribution < 1.29 is 13.5 Å². The quantitative estimate of drug-likeness (QED) is 0.462. The molecule has 0 saturated heterocycles. The molecule has 3 aromatic rings. The van der Waals surface area contributed by atoms with Crippen molar-refractivity contribution in [1.82, 2.24) is 9.88 Å². The lowest BCUT2D eigenvalue weighted by atomic mass is 10.0. The summed E-state index contributed by atoms with van der Waals surface area (Å²) in [5, 5.41) is 6.73.